The second-order valence-corrected chi connectivity index (χ2v) is 4.14. The van der Waals surface area contributed by atoms with Gasteiger partial charge in [0.1, 0.15) is 5.82 Å². The van der Waals surface area contributed by atoms with Gasteiger partial charge in [0.25, 0.3) is 5.69 Å². The van der Waals surface area contributed by atoms with E-state index in [0.717, 1.165) is 12.1 Å². The molecule has 0 bridgehead atoms. The van der Waals surface area contributed by atoms with Crippen molar-refractivity contribution in [1.29, 1.82) is 0 Å². The van der Waals surface area contributed by atoms with Crippen molar-refractivity contribution in [3.05, 3.63) is 38.7 Å². The molecule has 1 aromatic carbocycles. The highest BCUT2D eigenvalue weighted by Crippen LogP contribution is 2.32. The smallest absolute Gasteiger partial charge is 0.274 e. The molecule has 0 aromatic heterocycles. The van der Waals surface area contributed by atoms with Gasteiger partial charge in [0, 0.05) is 23.6 Å². The first-order valence-electron chi connectivity index (χ1n) is 4.73. The molecule has 0 amide bonds. The van der Waals surface area contributed by atoms with Crippen LogP contribution >= 0.6 is 11.6 Å². The monoisotopic (exact) mass is 246 g/mol. The van der Waals surface area contributed by atoms with Crippen LogP contribution in [0, 0.1) is 15.9 Å². The standard InChI is InChI=1S/C10H12ClFN2O2/c1-5(6(2)13)7-3-9(12)8(11)4-10(7)14(15)16/h3-6H,13H2,1-2H3. The Balaban J connectivity index is 3.36. The van der Waals surface area contributed by atoms with Crippen LogP contribution in [0.25, 0.3) is 0 Å². The second-order valence-electron chi connectivity index (χ2n) is 3.73. The summed E-state index contributed by atoms with van der Waals surface area (Å²) in [5.74, 6) is -0.984. The van der Waals surface area contributed by atoms with E-state index in [2.05, 4.69) is 0 Å². The van der Waals surface area contributed by atoms with E-state index in [0.29, 0.717) is 0 Å². The minimum atomic E-state index is -0.672. The van der Waals surface area contributed by atoms with Crippen LogP contribution in [-0.2, 0) is 0 Å². The van der Waals surface area contributed by atoms with E-state index in [1.54, 1.807) is 13.8 Å². The zero-order valence-corrected chi connectivity index (χ0v) is 9.66. The maximum absolute atomic E-state index is 13.3. The highest BCUT2D eigenvalue weighted by Gasteiger charge is 2.23. The number of rotatable bonds is 3. The van der Waals surface area contributed by atoms with Gasteiger partial charge in [0.2, 0.25) is 0 Å². The Hall–Kier alpha value is -1.20. The van der Waals surface area contributed by atoms with E-state index in [1.807, 2.05) is 0 Å². The van der Waals surface area contributed by atoms with Crippen molar-refractivity contribution >= 4 is 17.3 Å². The van der Waals surface area contributed by atoms with Crippen LogP contribution in [0.5, 0.6) is 0 Å². The third-order valence-electron chi connectivity index (χ3n) is 2.55. The van der Waals surface area contributed by atoms with Gasteiger partial charge in [-0.15, -0.1) is 0 Å². The molecule has 0 heterocycles. The Morgan fingerprint density at radius 3 is 2.50 bits per heavy atom. The molecule has 6 heteroatoms. The molecular weight excluding hydrogens is 235 g/mol. The predicted molar refractivity (Wildman–Crippen MR) is 60.1 cm³/mol. The Morgan fingerprint density at radius 2 is 2.06 bits per heavy atom. The van der Waals surface area contributed by atoms with E-state index in [4.69, 9.17) is 17.3 Å². The van der Waals surface area contributed by atoms with E-state index in [1.165, 1.54) is 0 Å². The lowest BCUT2D eigenvalue weighted by Crippen LogP contribution is -2.23. The summed E-state index contributed by atoms with van der Waals surface area (Å²) in [5, 5.41) is 10.5. The van der Waals surface area contributed by atoms with Gasteiger partial charge in [-0.1, -0.05) is 18.5 Å². The van der Waals surface area contributed by atoms with Gasteiger partial charge in [0.05, 0.1) is 9.95 Å². The van der Waals surface area contributed by atoms with Crippen molar-refractivity contribution in [3.8, 4) is 0 Å². The lowest BCUT2D eigenvalue weighted by atomic mass is 9.93. The van der Waals surface area contributed by atoms with Crippen molar-refractivity contribution in [2.24, 2.45) is 5.73 Å². The first-order chi connectivity index (χ1) is 7.34. The van der Waals surface area contributed by atoms with Gasteiger partial charge in [-0.25, -0.2) is 4.39 Å². The van der Waals surface area contributed by atoms with Crippen LogP contribution in [0.4, 0.5) is 10.1 Å². The molecule has 0 aliphatic heterocycles. The van der Waals surface area contributed by atoms with Gasteiger partial charge in [0.15, 0.2) is 0 Å². The van der Waals surface area contributed by atoms with E-state index in [9.17, 15) is 14.5 Å². The number of hydrogen-bond acceptors (Lipinski definition) is 3. The fraction of sp³-hybridized carbons (Fsp3) is 0.400. The van der Waals surface area contributed by atoms with E-state index in [-0.39, 0.29) is 28.2 Å². The molecule has 0 saturated heterocycles. The van der Waals surface area contributed by atoms with Gasteiger partial charge in [-0.05, 0) is 13.0 Å². The Labute approximate surface area is 97.4 Å². The first kappa shape index (κ1) is 12.9. The summed E-state index contributed by atoms with van der Waals surface area (Å²) in [4.78, 5) is 10.2. The summed E-state index contributed by atoms with van der Waals surface area (Å²) in [5.41, 5.74) is 5.71. The van der Waals surface area contributed by atoms with Crippen LogP contribution in [-0.4, -0.2) is 11.0 Å². The third-order valence-corrected chi connectivity index (χ3v) is 2.84. The number of benzene rings is 1. The number of nitrogens with two attached hydrogens (primary N) is 1. The average Bonchev–Trinajstić information content (AvgIpc) is 2.19. The van der Waals surface area contributed by atoms with Gasteiger partial charge in [-0.3, -0.25) is 10.1 Å². The third kappa shape index (κ3) is 2.48. The summed E-state index contributed by atoms with van der Waals surface area (Å²) in [6.45, 7) is 3.42. The molecule has 1 aromatic rings. The molecular formula is C10H12ClFN2O2. The summed E-state index contributed by atoms with van der Waals surface area (Å²) in [6.07, 6.45) is 0. The molecule has 0 radical (unpaired) electrons. The summed E-state index contributed by atoms with van der Waals surface area (Å²) in [6, 6.07) is 1.79. The molecule has 2 N–H and O–H groups in total. The minimum Gasteiger partial charge on any atom is -0.327 e. The highest BCUT2D eigenvalue weighted by atomic mass is 35.5. The number of nitro groups is 1. The lowest BCUT2D eigenvalue weighted by molar-refractivity contribution is -0.385. The summed E-state index contributed by atoms with van der Waals surface area (Å²) < 4.78 is 13.3. The van der Waals surface area contributed by atoms with Crippen molar-refractivity contribution in [3.63, 3.8) is 0 Å². The highest BCUT2D eigenvalue weighted by molar-refractivity contribution is 6.31. The second kappa shape index (κ2) is 4.76. The van der Waals surface area contributed by atoms with Crippen LogP contribution in [0.2, 0.25) is 5.02 Å². The normalized spacial score (nSPS) is 14.6. The molecule has 2 atom stereocenters. The quantitative estimate of drug-likeness (QED) is 0.659. The van der Waals surface area contributed by atoms with Gasteiger partial charge >= 0.3 is 0 Å². The number of nitro benzene ring substituents is 1. The Kier molecular flexibility index (Phi) is 3.83. The molecule has 0 aliphatic rings. The number of halogens is 2. The lowest BCUT2D eigenvalue weighted by Gasteiger charge is -2.16. The van der Waals surface area contributed by atoms with Crippen molar-refractivity contribution < 1.29 is 9.31 Å². The van der Waals surface area contributed by atoms with Crippen molar-refractivity contribution in [2.45, 2.75) is 25.8 Å². The molecule has 16 heavy (non-hydrogen) atoms. The molecule has 88 valence electrons. The molecule has 0 aliphatic carbocycles. The van der Waals surface area contributed by atoms with Crippen LogP contribution < -0.4 is 5.73 Å². The SMILES string of the molecule is CC(N)C(C)c1cc(F)c(Cl)cc1[N+](=O)[O-]. The summed E-state index contributed by atoms with van der Waals surface area (Å²) in [7, 11) is 0. The van der Waals surface area contributed by atoms with E-state index < -0.39 is 10.7 Å². The Bertz CT molecular complexity index is 424. The average molecular weight is 247 g/mol. The van der Waals surface area contributed by atoms with Crippen LogP contribution in [0.1, 0.15) is 25.3 Å². The Morgan fingerprint density at radius 1 is 1.50 bits per heavy atom. The van der Waals surface area contributed by atoms with Crippen LogP contribution in [0.15, 0.2) is 12.1 Å². The number of hydrogen-bond donors (Lipinski definition) is 1. The fourth-order valence-corrected chi connectivity index (χ4v) is 1.52. The number of nitrogens with zero attached hydrogens (tertiary/aromatic N) is 1. The maximum Gasteiger partial charge on any atom is 0.274 e. The van der Waals surface area contributed by atoms with Gasteiger partial charge in [-0.2, -0.15) is 0 Å². The predicted octanol–water partition coefficient (Wildman–Crippen LogP) is 2.84. The first-order valence-corrected chi connectivity index (χ1v) is 5.11. The maximum atomic E-state index is 13.3. The zero-order chi connectivity index (χ0) is 12.5. The molecule has 4 nitrogen and oxygen atoms in total. The fourth-order valence-electron chi connectivity index (χ4n) is 1.36. The molecule has 0 spiro atoms. The molecule has 2 unspecified atom stereocenters. The van der Waals surface area contributed by atoms with Crippen LogP contribution in [0.3, 0.4) is 0 Å². The minimum absolute atomic E-state index is 0.198. The molecule has 0 fully saturated rings. The van der Waals surface area contributed by atoms with Crippen molar-refractivity contribution in [1.82, 2.24) is 0 Å². The molecule has 0 saturated carbocycles. The van der Waals surface area contributed by atoms with E-state index >= 15 is 0 Å². The van der Waals surface area contributed by atoms with Crippen molar-refractivity contribution in [2.75, 3.05) is 0 Å². The zero-order valence-electron chi connectivity index (χ0n) is 8.91. The summed E-state index contributed by atoms with van der Waals surface area (Å²) >= 11 is 5.50. The largest absolute Gasteiger partial charge is 0.327 e. The van der Waals surface area contributed by atoms with Gasteiger partial charge < -0.3 is 5.73 Å². The molecule has 1 rings (SSSR count). The topological polar surface area (TPSA) is 69.2 Å².